The Balaban J connectivity index is 2.18. The summed E-state index contributed by atoms with van der Waals surface area (Å²) in [6.45, 7) is 0. The van der Waals surface area contributed by atoms with Crippen molar-refractivity contribution in [1.29, 1.82) is 0 Å². The Bertz CT molecular complexity index is 777. The molecule has 0 spiro atoms. The van der Waals surface area contributed by atoms with E-state index in [1.54, 1.807) is 18.3 Å². The lowest BCUT2D eigenvalue weighted by Gasteiger charge is -2.08. The van der Waals surface area contributed by atoms with Crippen LogP contribution in [0.1, 0.15) is 5.56 Å². The number of hydrogen-bond donors (Lipinski definition) is 1. The van der Waals surface area contributed by atoms with Gasteiger partial charge in [0.25, 0.3) is 0 Å². The number of benzene rings is 1. The fourth-order valence-electron chi connectivity index (χ4n) is 2.08. The van der Waals surface area contributed by atoms with Crippen LogP contribution in [0.25, 0.3) is 22.2 Å². The number of rotatable bonds is 1. The van der Waals surface area contributed by atoms with E-state index < -0.39 is 11.7 Å². The summed E-state index contributed by atoms with van der Waals surface area (Å²) < 4.78 is 38.2. The average molecular weight is 297 g/mol. The van der Waals surface area contributed by atoms with Crippen LogP contribution in [0.2, 0.25) is 5.02 Å². The van der Waals surface area contributed by atoms with Crippen molar-refractivity contribution in [2.75, 3.05) is 0 Å². The smallest absolute Gasteiger partial charge is 0.346 e. The highest BCUT2D eigenvalue weighted by Crippen LogP contribution is 2.34. The molecule has 3 rings (SSSR count). The van der Waals surface area contributed by atoms with Crippen molar-refractivity contribution < 1.29 is 13.2 Å². The number of fused-ring (bicyclic) bond motifs is 1. The molecule has 0 aliphatic heterocycles. The van der Waals surface area contributed by atoms with Crippen LogP contribution >= 0.6 is 11.6 Å². The molecule has 6 heteroatoms. The molecule has 0 bridgehead atoms. The predicted octanol–water partition coefficient (Wildman–Crippen LogP) is 4.90. The molecule has 0 saturated carbocycles. The lowest BCUT2D eigenvalue weighted by atomic mass is 10.0. The lowest BCUT2D eigenvalue weighted by molar-refractivity contribution is -0.137. The van der Waals surface area contributed by atoms with E-state index in [9.17, 15) is 13.2 Å². The Labute approximate surface area is 117 Å². The van der Waals surface area contributed by atoms with Crippen molar-refractivity contribution in [3.63, 3.8) is 0 Å². The van der Waals surface area contributed by atoms with Gasteiger partial charge in [-0.15, -0.1) is 0 Å². The number of halogens is 4. The van der Waals surface area contributed by atoms with E-state index >= 15 is 0 Å². The van der Waals surface area contributed by atoms with Gasteiger partial charge in [0.1, 0.15) is 5.65 Å². The average Bonchev–Trinajstić information content (AvgIpc) is 2.81. The van der Waals surface area contributed by atoms with Crippen LogP contribution in [0.5, 0.6) is 0 Å². The summed E-state index contributed by atoms with van der Waals surface area (Å²) in [4.78, 5) is 7.01. The van der Waals surface area contributed by atoms with Gasteiger partial charge in [0, 0.05) is 23.3 Å². The molecule has 0 amide bonds. The van der Waals surface area contributed by atoms with Crippen molar-refractivity contribution >= 4 is 22.6 Å². The topological polar surface area (TPSA) is 28.7 Å². The summed E-state index contributed by atoms with van der Waals surface area (Å²) in [5.74, 6) is 0. The monoisotopic (exact) mass is 296 g/mol. The zero-order valence-electron chi connectivity index (χ0n) is 10.0. The normalized spacial score (nSPS) is 12.0. The molecule has 1 N–H and O–H groups in total. The molecule has 0 aliphatic rings. The largest absolute Gasteiger partial charge is 0.416 e. The second-order valence-corrected chi connectivity index (χ2v) is 4.77. The van der Waals surface area contributed by atoms with Gasteiger partial charge in [-0.25, -0.2) is 4.98 Å². The van der Waals surface area contributed by atoms with Gasteiger partial charge in [-0.05, 0) is 23.8 Å². The summed E-state index contributed by atoms with van der Waals surface area (Å²) in [5, 5.41) is 1.13. The van der Waals surface area contributed by atoms with Gasteiger partial charge in [0.05, 0.1) is 10.6 Å². The molecule has 2 heterocycles. The molecule has 1 aromatic carbocycles. The highest BCUT2D eigenvalue weighted by Gasteiger charge is 2.30. The van der Waals surface area contributed by atoms with Gasteiger partial charge < -0.3 is 4.98 Å². The number of hydrogen-bond acceptors (Lipinski definition) is 1. The highest BCUT2D eigenvalue weighted by molar-refractivity contribution is 6.31. The number of nitrogens with one attached hydrogen (secondary N) is 1. The first-order valence-electron chi connectivity index (χ1n) is 5.75. The molecule has 102 valence electrons. The molecule has 2 aromatic heterocycles. The van der Waals surface area contributed by atoms with Crippen LogP contribution in [-0.4, -0.2) is 9.97 Å². The standard InChI is InChI=1S/C14H8ClF3N2/c15-10-5-11-12(7-20-13(11)19-6-10)8-2-1-3-9(4-8)14(16,17)18/h1-7H,(H,19,20). The Morgan fingerprint density at radius 2 is 1.95 bits per heavy atom. The molecule has 0 radical (unpaired) electrons. The van der Waals surface area contributed by atoms with Crippen molar-refractivity contribution in [3.8, 4) is 11.1 Å². The summed E-state index contributed by atoms with van der Waals surface area (Å²) in [7, 11) is 0. The quantitative estimate of drug-likeness (QED) is 0.679. The SMILES string of the molecule is FC(F)(F)c1cccc(-c2c[nH]c3ncc(Cl)cc23)c1. The van der Waals surface area contributed by atoms with E-state index in [0.29, 0.717) is 27.2 Å². The maximum absolute atomic E-state index is 12.7. The minimum absolute atomic E-state index is 0.435. The first kappa shape index (κ1) is 13.0. The van der Waals surface area contributed by atoms with Crippen LogP contribution in [0.3, 0.4) is 0 Å². The maximum Gasteiger partial charge on any atom is 0.416 e. The Kier molecular flexibility index (Phi) is 2.94. The van der Waals surface area contributed by atoms with Crippen LogP contribution < -0.4 is 0 Å². The van der Waals surface area contributed by atoms with Gasteiger partial charge >= 0.3 is 6.18 Å². The molecular weight excluding hydrogens is 289 g/mol. The molecule has 0 unspecified atom stereocenters. The third kappa shape index (κ3) is 2.25. The maximum atomic E-state index is 12.7. The molecule has 2 nitrogen and oxygen atoms in total. The minimum atomic E-state index is -4.36. The highest BCUT2D eigenvalue weighted by atomic mass is 35.5. The van der Waals surface area contributed by atoms with Crippen molar-refractivity contribution in [2.45, 2.75) is 6.18 Å². The summed E-state index contributed by atoms with van der Waals surface area (Å²) in [5.41, 5.74) is 1.01. The Morgan fingerprint density at radius 3 is 2.70 bits per heavy atom. The van der Waals surface area contributed by atoms with E-state index in [0.717, 1.165) is 12.1 Å². The molecular formula is C14H8ClF3N2. The number of aromatic amines is 1. The van der Waals surface area contributed by atoms with Gasteiger partial charge in [-0.2, -0.15) is 13.2 Å². The van der Waals surface area contributed by atoms with Gasteiger partial charge in [-0.1, -0.05) is 23.7 Å². The predicted molar refractivity (Wildman–Crippen MR) is 71.5 cm³/mol. The fraction of sp³-hybridized carbons (Fsp3) is 0.0714. The summed E-state index contributed by atoms with van der Waals surface area (Å²) in [6.07, 6.45) is -1.25. The zero-order chi connectivity index (χ0) is 14.3. The van der Waals surface area contributed by atoms with Gasteiger partial charge in [0.15, 0.2) is 0 Å². The second-order valence-electron chi connectivity index (χ2n) is 4.33. The molecule has 3 aromatic rings. The minimum Gasteiger partial charge on any atom is -0.346 e. The van der Waals surface area contributed by atoms with Gasteiger partial charge in [0.2, 0.25) is 0 Å². The van der Waals surface area contributed by atoms with E-state index in [2.05, 4.69) is 9.97 Å². The van der Waals surface area contributed by atoms with E-state index in [1.807, 2.05) is 0 Å². The van der Waals surface area contributed by atoms with Crippen LogP contribution in [-0.2, 0) is 6.18 Å². The number of H-pyrrole nitrogens is 1. The van der Waals surface area contributed by atoms with Crippen LogP contribution in [0.15, 0.2) is 42.7 Å². The summed E-state index contributed by atoms with van der Waals surface area (Å²) in [6, 6.07) is 6.84. The molecule has 0 aliphatic carbocycles. The number of alkyl halides is 3. The van der Waals surface area contributed by atoms with E-state index in [1.165, 1.54) is 12.3 Å². The van der Waals surface area contributed by atoms with Crippen molar-refractivity contribution in [2.24, 2.45) is 0 Å². The van der Waals surface area contributed by atoms with Crippen LogP contribution in [0, 0.1) is 0 Å². The third-order valence-electron chi connectivity index (χ3n) is 3.00. The number of aromatic nitrogens is 2. The lowest BCUT2D eigenvalue weighted by Crippen LogP contribution is -2.04. The molecule has 0 saturated heterocycles. The zero-order valence-corrected chi connectivity index (χ0v) is 10.8. The van der Waals surface area contributed by atoms with E-state index in [-0.39, 0.29) is 0 Å². The summed E-state index contributed by atoms with van der Waals surface area (Å²) >= 11 is 5.88. The number of pyridine rings is 1. The van der Waals surface area contributed by atoms with Crippen molar-refractivity contribution in [1.82, 2.24) is 9.97 Å². The molecule has 0 fully saturated rings. The van der Waals surface area contributed by atoms with Crippen LogP contribution in [0.4, 0.5) is 13.2 Å². The van der Waals surface area contributed by atoms with E-state index in [4.69, 9.17) is 11.6 Å². The molecule has 20 heavy (non-hydrogen) atoms. The second kappa shape index (κ2) is 4.52. The Hall–Kier alpha value is -2.01. The number of nitrogens with zero attached hydrogens (tertiary/aromatic N) is 1. The first-order chi connectivity index (χ1) is 9.45. The Morgan fingerprint density at radius 1 is 1.15 bits per heavy atom. The van der Waals surface area contributed by atoms with Gasteiger partial charge in [-0.3, -0.25) is 0 Å². The fourth-order valence-corrected chi connectivity index (χ4v) is 2.24. The van der Waals surface area contributed by atoms with Crippen molar-refractivity contribution in [3.05, 3.63) is 53.3 Å². The molecule has 0 atom stereocenters. The third-order valence-corrected chi connectivity index (χ3v) is 3.21. The first-order valence-corrected chi connectivity index (χ1v) is 6.13.